The van der Waals surface area contributed by atoms with Crippen LogP contribution in [0, 0.1) is 0 Å². The molecule has 3 aliphatic rings. The Morgan fingerprint density at radius 2 is 2.00 bits per heavy atom. The molecular formula is C18H27N3O3S+2. The van der Waals surface area contributed by atoms with Gasteiger partial charge in [-0.3, -0.25) is 4.79 Å². The molecule has 1 amide bonds. The van der Waals surface area contributed by atoms with E-state index >= 15 is 0 Å². The molecule has 136 valence electrons. The zero-order valence-corrected chi connectivity index (χ0v) is 15.6. The second kappa shape index (κ2) is 7.43. The normalized spacial score (nSPS) is 28.6. The molecule has 3 aliphatic heterocycles. The molecule has 6 nitrogen and oxygen atoms in total. The van der Waals surface area contributed by atoms with Crippen LogP contribution in [0.15, 0.2) is 18.2 Å². The number of nitrogens with one attached hydrogen (secondary N) is 2. The summed E-state index contributed by atoms with van der Waals surface area (Å²) in [4.78, 5) is 17.7. The minimum Gasteiger partial charge on any atom is -0.454 e. The third-order valence-corrected chi connectivity index (χ3v) is 6.65. The molecule has 0 aromatic heterocycles. The number of carbonyl (C=O) groups excluding carboxylic acids is 1. The van der Waals surface area contributed by atoms with Gasteiger partial charge in [-0.05, 0) is 17.7 Å². The fraction of sp³-hybridized carbons (Fsp3) is 0.611. The van der Waals surface area contributed by atoms with Crippen LogP contribution < -0.4 is 19.3 Å². The lowest BCUT2D eigenvalue weighted by Gasteiger charge is -2.29. The van der Waals surface area contributed by atoms with Gasteiger partial charge in [-0.15, -0.1) is 11.8 Å². The molecule has 1 aromatic rings. The highest BCUT2D eigenvalue weighted by Gasteiger charge is 2.33. The minimum atomic E-state index is 0.105. The molecule has 25 heavy (non-hydrogen) atoms. The van der Waals surface area contributed by atoms with Crippen molar-refractivity contribution in [1.82, 2.24) is 4.90 Å². The van der Waals surface area contributed by atoms with Gasteiger partial charge in [-0.2, -0.15) is 0 Å². The Bertz CT molecular complexity index is 634. The zero-order chi connectivity index (χ0) is 17.2. The van der Waals surface area contributed by atoms with Crippen molar-refractivity contribution in [2.45, 2.75) is 11.8 Å². The first-order valence-corrected chi connectivity index (χ1v) is 10.2. The molecule has 0 radical (unpaired) electrons. The number of thioether (sulfide) groups is 1. The monoisotopic (exact) mass is 365 g/mol. The predicted molar refractivity (Wildman–Crippen MR) is 96.3 cm³/mol. The third kappa shape index (κ3) is 3.73. The van der Waals surface area contributed by atoms with Gasteiger partial charge < -0.3 is 24.2 Å². The first-order chi connectivity index (χ1) is 12.2. The molecule has 2 fully saturated rings. The van der Waals surface area contributed by atoms with E-state index in [1.807, 2.05) is 17.0 Å². The molecule has 1 atom stereocenters. The summed E-state index contributed by atoms with van der Waals surface area (Å²) in [7, 11) is 2.27. The van der Waals surface area contributed by atoms with Gasteiger partial charge in [0.15, 0.2) is 11.5 Å². The van der Waals surface area contributed by atoms with Crippen LogP contribution in [0.5, 0.6) is 11.5 Å². The lowest BCUT2D eigenvalue weighted by Crippen LogP contribution is -3.27. The molecule has 3 heterocycles. The van der Waals surface area contributed by atoms with Gasteiger partial charge in [0.25, 0.3) is 0 Å². The number of ether oxygens (including phenoxy) is 2. The van der Waals surface area contributed by atoms with Crippen molar-refractivity contribution >= 4 is 17.7 Å². The molecular weight excluding hydrogens is 338 g/mol. The van der Waals surface area contributed by atoms with Crippen LogP contribution in [0.1, 0.15) is 17.4 Å². The summed E-state index contributed by atoms with van der Waals surface area (Å²) in [5, 5.41) is 0.105. The summed E-state index contributed by atoms with van der Waals surface area (Å²) in [6.07, 6.45) is 1.07. The maximum Gasteiger partial charge on any atom is 0.233 e. The number of amides is 1. The van der Waals surface area contributed by atoms with Crippen LogP contribution in [0.3, 0.4) is 0 Å². The molecule has 2 N–H and O–H groups in total. The number of quaternary nitrogens is 2. The summed E-state index contributed by atoms with van der Waals surface area (Å²) in [5.74, 6) is 2.42. The maximum absolute atomic E-state index is 12.4. The Labute approximate surface area is 153 Å². The first-order valence-electron chi connectivity index (χ1n) is 9.16. The maximum atomic E-state index is 12.4. The molecule has 4 rings (SSSR count). The molecule has 7 heteroatoms. The summed E-state index contributed by atoms with van der Waals surface area (Å²) in [6.45, 7) is 7.31. The number of carbonyl (C=O) groups is 1. The van der Waals surface area contributed by atoms with Crippen LogP contribution >= 0.6 is 11.8 Å². The Kier molecular flexibility index (Phi) is 5.05. The van der Waals surface area contributed by atoms with E-state index in [9.17, 15) is 4.79 Å². The van der Waals surface area contributed by atoms with Crippen molar-refractivity contribution in [1.29, 1.82) is 0 Å². The smallest absolute Gasteiger partial charge is 0.233 e. The number of benzene rings is 1. The SMILES string of the molecule is C[NH+]1CC[NH+](CCCN2C(=O)CS[C@@H]2c2ccc3c(c2)OCO3)CC1. The standard InChI is InChI=1S/C18H25N3O3S/c1-19-7-9-20(10-8-19)5-2-6-21-17(22)12-25-18(21)14-3-4-15-16(11-14)24-13-23-15/h3-4,11,18H,2,5-10,12-13H2,1H3/p+2/t18-/m1/s1. The van der Waals surface area contributed by atoms with E-state index < -0.39 is 0 Å². The second-order valence-corrected chi connectivity index (χ2v) is 8.24. The molecule has 0 saturated carbocycles. The van der Waals surface area contributed by atoms with E-state index in [2.05, 4.69) is 13.1 Å². The average molecular weight is 365 g/mol. The summed E-state index contributed by atoms with van der Waals surface area (Å²) in [5.41, 5.74) is 1.13. The number of hydrogen-bond donors (Lipinski definition) is 2. The number of piperazine rings is 1. The highest BCUT2D eigenvalue weighted by Crippen LogP contribution is 2.42. The van der Waals surface area contributed by atoms with Crippen molar-refractivity contribution in [3.8, 4) is 11.5 Å². The van der Waals surface area contributed by atoms with Gasteiger partial charge in [0.2, 0.25) is 12.7 Å². The van der Waals surface area contributed by atoms with Crippen molar-refractivity contribution in [2.24, 2.45) is 0 Å². The Balaban J connectivity index is 1.35. The number of rotatable bonds is 5. The van der Waals surface area contributed by atoms with Gasteiger partial charge in [0.05, 0.1) is 19.3 Å². The van der Waals surface area contributed by atoms with E-state index in [-0.39, 0.29) is 18.1 Å². The van der Waals surface area contributed by atoms with Gasteiger partial charge in [-0.25, -0.2) is 0 Å². The molecule has 2 saturated heterocycles. The Morgan fingerprint density at radius 3 is 2.84 bits per heavy atom. The van der Waals surface area contributed by atoms with Crippen molar-refractivity contribution in [3.63, 3.8) is 0 Å². The lowest BCUT2D eigenvalue weighted by atomic mass is 10.1. The predicted octanol–water partition coefficient (Wildman–Crippen LogP) is -1.21. The Hall–Kier alpha value is -1.44. The van der Waals surface area contributed by atoms with Crippen LogP contribution in [0.4, 0.5) is 0 Å². The molecule has 1 aromatic carbocycles. The van der Waals surface area contributed by atoms with Crippen molar-refractivity contribution < 1.29 is 24.1 Å². The highest BCUT2D eigenvalue weighted by atomic mass is 32.2. The van der Waals surface area contributed by atoms with E-state index in [0.717, 1.165) is 36.6 Å². The highest BCUT2D eigenvalue weighted by molar-refractivity contribution is 8.00. The lowest BCUT2D eigenvalue weighted by molar-refractivity contribution is -1.00. The third-order valence-electron chi connectivity index (χ3n) is 5.39. The minimum absolute atomic E-state index is 0.105. The largest absolute Gasteiger partial charge is 0.454 e. The topological polar surface area (TPSA) is 47.7 Å². The molecule has 0 spiro atoms. The average Bonchev–Trinajstić information content (AvgIpc) is 3.23. The second-order valence-electron chi connectivity index (χ2n) is 7.17. The molecule has 0 aliphatic carbocycles. The van der Waals surface area contributed by atoms with Gasteiger partial charge in [-0.1, -0.05) is 6.07 Å². The first kappa shape index (κ1) is 17.0. The van der Waals surface area contributed by atoms with E-state index in [1.54, 1.807) is 21.6 Å². The van der Waals surface area contributed by atoms with E-state index in [0.29, 0.717) is 5.75 Å². The summed E-state index contributed by atoms with van der Waals surface area (Å²) < 4.78 is 10.9. The van der Waals surface area contributed by atoms with Crippen molar-refractivity contribution in [3.05, 3.63) is 23.8 Å². The number of hydrogen-bond acceptors (Lipinski definition) is 4. The van der Waals surface area contributed by atoms with Gasteiger partial charge >= 0.3 is 0 Å². The van der Waals surface area contributed by atoms with Crippen molar-refractivity contribution in [2.75, 3.05) is 58.9 Å². The number of likely N-dealkylation sites (N-methyl/N-ethyl adjacent to an activating group) is 1. The fourth-order valence-electron chi connectivity index (χ4n) is 3.82. The fourth-order valence-corrected chi connectivity index (χ4v) is 5.03. The molecule has 0 unspecified atom stereocenters. The van der Waals surface area contributed by atoms with Gasteiger partial charge in [0.1, 0.15) is 31.6 Å². The van der Waals surface area contributed by atoms with Crippen LogP contribution in [-0.4, -0.2) is 69.7 Å². The van der Waals surface area contributed by atoms with Gasteiger partial charge in [0, 0.05) is 13.0 Å². The van der Waals surface area contributed by atoms with E-state index in [1.165, 1.54) is 26.2 Å². The summed E-state index contributed by atoms with van der Waals surface area (Å²) >= 11 is 1.71. The van der Waals surface area contributed by atoms with Crippen LogP contribution in [-0.2, 0) is 4.79 Å². The van der Waals surface area contributed by atoms with E-state index in [4.69, 9.17) is 9.47 Å². The molecule has 0 bridgehead atoms. The van der Waals surface area contributed by atoms with Crippen LogP contribution in [0.2, 0.25) is 0 Å². The zero-order valence-electron chi connectivity index (χ0n) is 14.8. The number of fused-ring (bicyclic) bond motifs is 1. The quantitative estimate of drug-likeness (QED) is 0.688. The Morgan fingerprint density at radius 1 is 1.20 bits per heavy atom. The number of nitrogens with zero attached hydrogens (tertiary/aromatic N) is 1. The van der Waals surface area contributed by atoms with Crippen LogP contribution in [0.25, 0.3) is 0 Å². The summed E-state index contributed by atoms with van der Waals surface area (Å²) in [6, 6.07) is 6.04.